The number of hydrogen-bond donors (Lipinski definition) is 1. The standard InChI is InChI=1S/C15H25N3O/c1-15(2,12-19-3)17-13-6-10-18(11-7-13)14-4-8-16-9-5-14/h4-5,8-9,13,17H,6-7,10-12H2,1-3H3. The first-order chi connectivity index (χ1) is 9.11. The Kier molecular flexibility index (Phi) is 4.77. The van der Waals surface area contributed by atoms with E-state index in [1.807, 2.05) is 12.4 Å². The van der Waals surface area contributed by atoms with Crippen molar-refractivity contribution in [2.75, 3.05) is 31.7 Å². The van der Waals surface area contributed by atoms with Crippen molar-refractivity contribution in [3.63, 3.8) is 0 Å². The Morgan fingerprint density at radius 3 is 2.53 bits per heavy atom. The summed E-state index contributed by atoms with van der Waals surface area (Å²) < 4.78 is 5.26. The summed E-state index contributed by atoms with van der Waals surface area (Å²) in [6.07, 6.45) is 6.08. The molecule has 0 bridgehead atoms. The lowest BCUT2D eigenvalue weighted by molar-refractivity contribution is 0.117. The van der Waals surface area contributed by atoms with Crippen LogP contribution in [-0.4, -0.2) is 43.4 Å². The SMILES string of the molecule is COCC(C)(C)NC1CCN(c2ccncc2)CC1. The molecule has 1 aromatic heterocycles. The first-order valence-electron chi connectivity index (χ1n) is 7.02. The predicted octanol–water partition coefficient (Wildman–Crippen LogP) is 2.06. The van der Waals surface area contributed by atoms with E-state index < -0.39 is 0 Å². The van der Waals surface area contributed by atoms with Crippen LogP contribution in [0.25, 0.3) is 0 Å². The van der Waals surface area contributed by atoms with Crippen LogP contribution in [0, 0.1) is 0 Å². The second-order valence-electron chi connectivity index (χ2n) is 5.93. The van der Waals surface area contributed by atoms with Crippen LogP contribution in [0.3, 0.4) is 0 Å². The number of ether oxygens (including phenoxy) is 1. The molecule has 2 rings (SSSR count). The van der Waals surface area contributed by atoms with Crippen molar-refractivity contribution in [3.8, 4) is 0 Å². The lowest BCUT2D eigenvalue weighted by Gasteiger charge is -2.38. The number of hydrogen-bond acceptors (Lipinski definition) is 4. The maximum atomic E-state index is 5.26. The zero-order valence-corrected chi connectivity index (χ0v) is 12.2. The topological polar surface area (TPSA) is 37.4 Å². The summed E-state index contributed by atoms with van der Waals surface area (Å²) in [6, 6.07) is 4.76. The molecule has 2 heterocycles. The summed E-state index contributed by atoms with van der Waals surface area (Å²) in [4.78, 5) is 6.50. The molecular weight excluding hydrogens is 238 g/mol. The fraction of sp³-hybridized carbons (Fsp3) is 0.667. The van der Waals surface area contributed by atoms with Crippen molar-refractivity contribution < 1.29 is 4.74 Å². The van der Waals surface area contributed by atoms with Crippen molar-refractivity contribution in [1.29, 1.82) is 0 Å². The van der Waals surface area contributed by atoms with E-state index in [1.54, 1.807) is 7.11 Å². The van der Waals surface area contributed by atoms with Gasteiger partial charge in [0.15, 0.2) is 0 Å². The molecule has 1 aliphatic heterocycles. The van der Waals surface area contributed by atoms with Crippen LogP contribution in [0.4, 0.5) is 5.69 Å². The average molecular weight is 263 g/mol. The van der Waals surface area contributed by atoms with E-state index in [-0.39, 0.29) is 5.54 Å². The van der Waals surface area contributed by atoms with Crippen LogP contribution in [-0.2, 0) is 4.74 Å². The minimum absolute atomic E-state index is 0.0538. The van der Waals surface area contributed by atoms with Gasteiger partial charge in [0.1, 0.15) is 0 Å². The summed E-state index contributed by atoms with van der Waals surface area (Å²) in [7, 11) is 1.76. The maximum absolute atomic E-state index is 5.26. The van der Waals surface area contributed by atoms with E-state index in [2.05, 4.69) is 41.2 Å². The summed E-state index contributed by atoms with van der Waals surface area (Å²) in [6.45, 7) is 7.35. The van der Waals surface area contributed by atoms with E-state index >= 15 is 0 Å². The zero-order chi connectivity index (χ0) is 13.7. The molecule has 0 saturated carbocycles. The number of rotatable bonds is 5. The molecule has 1 saturated heterocycles. The van der Waals surface area contributed by atoms with Crippen LogP contribution in [0.2, 0.25) is 0 Å². The Bertz CT molecular complexity index is 372. The van der Waals surface area contributed by atoms with Crippen LogP contribution in [0.15, 0.2) is 24.5 Å². The number of piperidine rings is 1. The van der Waals surface area contributed by atoms with Gasteiger partial charge in [0, 0.05) is 49.9 Å². The lowest BCUT2D eigenvalue weighted by Crippen LogP contribution is -2.52. The Morgan fingerprint density at radius 2 is 1.95 bits per heavy atom. The second kappa shape index (κ2) is 6.35. The third-order valence-corrected chi connectivity index (χ3v) is 3.62. The molecule has 0 spiro atoms. The monoisotopic (exact) mass is 263 g/mol. The molecule has 0 unspecified atom stereocenters. The molecule has 1 aliphatic rings. The normalized spacial score (nSPS) is 17.7. The summed E-state index contributed by atoms with van der Waals surface area (Å²) in [5, 5.41) is 3.70. The molecule has 1 N–H and O–H groups in total. The van der Waals surface area contributed by atoms with E-state index in [0.29, 0.717) is 6.04 Å². The molecule has 0 amide bonds. The number of pyridine rings is 1. The van der Waals surface area contributed by atoms with Gasteiger partial charge in [-0.15, -0.1) is 0 Å². The van der Waals surface area contributed by atoms with Gasteiger partial charge in [0.05, 0.1) is 6.61 Å². The highest BCUT2D eigenvalue weighted by atomic mass is 16.5. The number of anilines is 1. The van der Waals surface area contributed by atoms with Gasteiger partial charge in [-0.1, -0.05) is 0 Å². The van der Waals surface area contributed by atoms with Gasteiger partial charge in [-0.25, -0.2) is 0 Å². The number of aromatic nitrogens is 1. The molecule has 1 fully saturated rings. The Balaban J connectivity index is 1.83. The molecule has 19 heavy (non-hydrogen) atoms. The molecule has 0 aliphatic carbocycles. The largest absolute Gasteiger partial charge is 0.383 e. The highest BCUT2D eigenvalue weighted by Crippen LogP contribution is 2.20. The highest BCUT2D eigenvalue weighted by molar-refractivity contribution is 5.44. The van der Waals surface area contributed by atoms with Gasteiger partial charge in [-0.3, -0.25) is 4.98 Å². The van der Waals surface area contributed by atoms with Crippen molar-refractivity contribution in [2.24, 2.45) is 0 Å². The Hall–Kier alpha value is -1.13. The summed E-state index contributed by atoms with van der Waals surface area (Å²) in [5.41, 5.74) is 1.34. The molecular formula is C15H25N3O. The van der Waals surface area contributed by atoms with Crippen molar-refractivity contribution in [3.05, 3.63) is 24.5 Å². The van der Waals surface area contributed by atoms with Crippen LogP contribution in [0.5, 0.6) is 0 Å². The second-order valence-corrected chi connectivity index (χ2v) is 5.93. The third kappa shape index (κ3) is 4.18. The minimum Gasteiger partial charge on any atom is -0.383 e. The van der Waals surface area contributed by atoms with Crippen LogP contribution >= 0.6 is 0 Å². The molecule has 0 radical (unpaired) electrons. The van der Waals surface area contributed by atoms with Gasteiger partial charge >= 0.3 is 0 Å². The van der Waals surface area contributed by atoms with Gasteiger partial charge in [0.2, 0.25) is 0 Å². The van der Waals surface area contributed by atoms with E-state index in [4.69, 9.17) is 4.74 Å². The first-order valence-corrected chi connectivity index (χ1v) is 7.02. The Morgan fingerprint density at radius 1 is 1.32 bits per heavy atom. The highest BCUT2D eigenvalue weighted by Gasteiger charge is 2.25. The Labute approximate surface area is 116 Å². The molecule has 0 aromatic carbocycles. The van der Waals surface area contributed by atoms with Crippen LogP contribution in [0.1, 0.15) is 26.7 Å². The number of nitrogens with one attached hydrogen (secondary N) is 1. The molecule has 4 nitrogen and oxygen atoms in total. The van der Waals surface area contributed by atoms with Crippen molar-refractivity contribution >= 4 is 5.69 Å². The molecule has 1 aromatic rings. The van der Waals surface area contributed by atoms with Gasteiger partial charge in [-0.2, -0.15) is 0 Å². The maximum Gasteiger partial charge on any atom is 0.0639 e. The summed E-state index contributed by atoms with van der Waals surface area (Å²) >= 11 is 0. The van der Waals surface area contributed by atoms with E-state index in [1.165, 1.54) is 18.5 Å². The van der Waals surface area contributed by atoms with Crippen molar-refractivity contribution in [2.45, 2.75) is 38.3 Å². The fourth-order valence-electron chi connectivity index (χ4n) is 2.79. The van der Waals surface area contributed by atoms with Gasteiger partial charge in [-0.05, 0) is 38.8 Å². The number of nitrogens with zero attached hydrogens (tertiary/aromatic N) is 2. The molecule has 106 valence electrons. The zero-order valence-electron chi connectivity index (χ0n) is 12.2. The molecule has 0 atom stereocenters. The fourth-order valence-corrected chi connectivity index (χ4v) is 2.79. The van der Waals surface area contributed by atoms with Gasteiger partial charge < -0.3 is 15.0 Å². The van der Waals surface area contributed by atoms with Gasteiger partial charge in [0.25, 0.3) is 0 Å². The van der Waals surface area contributed by atoms with E-state index in [9.17, 15) is 0 Å². The number of methoxy groups -OCH3 is 1. The lowest BCUT2D eigenvalue weighted by atomic mass is 9.99. The predicted molar refractivity (Wildman–Crippen MR) is 78.6 cm³/mol. The first kappa shape index (κ1) is 14.3. The van der Waals surface area contributed by atoms with Crippen molar-refractivity contribution in [1.82, 2.24) is 10.3 Å². The van der Waals surface area contributed by atoms with Crippen LogP contribution < -0.4 is 10.2 Å². The third-order valence-electron chi connectivity index (χ3n) is 3.62. The summed E-state index contributed by atoms with van der Waals surface area (Å²) in [5.74, 6) is 0. The molecule has 4 heteroatoms. The quantitative estimate of drug-likeness (QED) is 0.882. The van der Waals surface area contributed by atoms with E-state index in [0.717, 1.165) is 19.7 Å². The minimum atomic E-state index is 0.0538. The average Bonchev–Trinajstić information content (AvgIpc) is 2.40. The smallest absolute Gasteiger partial charge is 0.0639 e.